The van der Waals surface area contributed by atoms with Gasteiger partial charge in [0.1, 0.15) is 11.5 Å². The summed E-state index contributed by atoms with van der Waals surface area (Å²) >= 11 is 0. The largest absolute Gasteiger partial charge is 0.494 e. The molecule has 1 N–H and O–H groups in total. The highest BCUT2D eigenvalue weighted by Gasteiger charge is 2.23. The lowest BCUT2D eigenvalue weighted by Gasteiger charge is -2.32. The summed E-state index contributed by atoms with van der Waals surface area (Å²) in [5.74, 6) is 1.27. The van der Waals surface area contributed by atoms with Gasteiger partial charge in [-0.05, 0) is 62.8 Å². The molecule has 1 amide bonds. The van der Waals surface area contributed by atoms with Gasteiger partial charge < -0.3 is 19.5 Å². The maximum Gasteiger partial charge on any atom is 0.303 e. The minimum absolute atomic E-state index is 0.139. The number of nitrogens with zero attached hydrogens (tertiary/aromatic N) is 1. The van der Waals surface area contributed by atoms with Gasteiger partial charge in [0, 0.05) is 25.9 Å². The highest BCUT2D eigenvalue weighted by molar-refractivity contribution is 5.76. The van der Waals surface area contributed by atoms with E-state index in [1.807, 2.05) is 36.1 Å². The first-order valence-electron chi connectivity index (χ1n) is 9.43. The van der Waals surface area contributed by atoms with Crippen LogP contribution in [0.1, 0.15) is 45.4 Å². The molecule has 6 nitrogen and oxygen atoms in total. The number of hydrogen-bond donors (Lipinski definition) is 1. The van der Waals surface area contributed by atoms with Crippen molar-refractivity contribution < 1.29 is 24.2 Å². The number of carbonyl (C=O) groups is 2. The number of piperidine rings is 1. The molecule has 2 rings (SSSR count). The number of carboxylic acid groups (broad SMARTS) is 1. The summed E-state index contributed by atoms with van der Waals surface area (Å²) in [7, 11) is 0. The second kappa shape index (κ2) is 10.7. The lowest BCUT2D eigenvalue weighted by molar-refractivity contribution is -0.137. The third-order valence-corrected chi connectivity index (χ3v) is 4.58. The molecular formula is C20H29NO5. The summed E-state index contributed by atoms with van der Waals surface area (Å²) < 4.78 is 11.1. The van der Waals surface area contributed by atoms with Gasteiger partial charge in [0.2, 0.25) is 5.91 Å². The number of rotatable bonds is 10. The number of hydrogen-bond acceptors (Lipinski definition) is 4. The molecule has 1 heterocycles. The molecule has 1 aliphatic heterocycles. The molecule has 0 radical (unpaired) electrons. The van der Waals surface area contributed by atoms with E-state index in [0.717, 1.165) is 30.9 Å². The normalized spacial score (nSPS) is 17.0. The molecule has 1 aromatic rings. The Morgan fingerprint density at radius 3 is 2.50 bits per heavy atom. The van der Waals surface area contributed by atoms with Crippen molar-refractivity contribution in [2.75, 3.05) is 26.3 Å². The first-order chi connectivity index (χ1) is 12.6. The smallest absolute Gasteiger partial charge is 0.303 e. The van der Waals surface area contributed by atoms with Gasteiger partial charge in [0.25, 0.3) is 0 Å². The molecule has 26 heavy (non-hydrogen) atoms. The molecule has 0 aromatic heterocycles. The van der Waals surface area contributed by atoms with Crippen LogP contribution in [0.2, 0.25) is 0 Å². The monoisotopic (exact) mass is 363 g/mol. The molecule has 1 aromatic carbocycles. The zero-order valence-corrected chi connectivity index (χ0v) is 15.5. The van der Waals surface area contributed by atoms with E-state index in [1.165, 1.54) is 0 Å². The Hall–Kier alpha value is -2.24. The first-order valence-corrected chi connectivity index (χ1v) is 9.43. The van der Waals surface area contributed by atoms with Crippen LogP contribution in [0.25, 0.3) is 0 Å². The fourth-order valence-corrected chi connectivity index (χ4v) is 3.23. The van der Waals surface area contributed by atoms with Crippen LogP contribution in [-0.4, -0.2) is 48.2 Å². The predicted octanol–water partition coefficient (Wildman–Crippen LogP) is 3.35. The predicted molar refractivity (Wildman–Crippen MR) is 98.5 cm³/mol. The highest BCUT2D eigenvalue weighted by atomic mass is 16.5. The molecule has 0 aliphatic carbocycles. The zero-order chi connectivity index (χ0) is 18.8. The standard InChI is InChI=1S/C20H29NO5/c1-2-25-17-8-10-18(11-9-17)26-14-4-6-19(22)21-13-3-5-16(15-21)7-12-20(23)24/h8-11,16H,2-7,12-15H2,1H3,(H,23,24). The quantitative estimate of drug-likeness (QED) is 0.645. The zero-order valence-electron chi connectivity index (χ0n) is 15.5. The molecule has 1 atom stereocenters. The Kier molecular flexibility index (Phi) is 8.25. The SMILES string of the molecule is CCOc1ccc(OCCCC(=O)N2CCCC(CCC(=O)O)C2)cc1. The minimum Gasteiger partial charge on any atom is -0.494 e. The van der Waals surface area contributed by atoms with E-state index in [4.69, 9.17) is 14.6 Å². The Morgan fingerprint density at radius 1 is 1.15 bits per heavy atom. The summed E-state index contributed by atoms with van der Waals surface area (Å²) in [6, 6.07) is 7.47. The van der Waals surface area contributed by atoms with Crippen molar-refractivity contribution in [3.63, 3.8) is 0 Å². The van der Waals surface area contributed by atoms with Crippen molar-refractivity contribution in [2.24, 2.45) is 5.92 Å². The molecule has 6 heteroatoms. The second-order valence-electron chi connectivity index (χ2n) is 6.64. The van der Waals surface area contributed by atoms with E-state index in [9.17, 15) is 9.59 Å². The van der Waals surface area contributed by atoms with Crippen LogP contribution < -0.4 is 9.47 Å². The molecule has 1 unspecified atom stereocenters. The Labute approximate surface area is 155 Å². The van der Waals surface area contributed by atoms with E-state index < -0.39 is 5.97 Å². The maximum atomic E-state index is 12.3. The number of ether oxygens (including phenoxy) is 2. The number of amides is 1. The van der Waals surface area contributed by atoms with Crippen LogP contribution in [0.3, 0.4) is 0 Å². The van der Waals surface area contributed by atoms with Gasteiger partial charge >= 0.3 is 5.97 Å². The van der Waals surface area contributed by atoms with Crippen LogP contribution >= 0.6 is 0 Å². The number of carboxylic acids is 1. The summed E-state index contributed by atoms with van der Waals surface area (Å²) in [6.45, 7) is 4.54. The van der Waals surface area contributed by atoms with Crippen LogP contribution in [-0.2, 0) is 9.59 Å². The van der Waals surface area contributed by atoms with Crippen molar-refractivity contribution in [3.8, 4) is 11.5 Å². The van der Waals surface area contributed by atoms with Crippen LogP contribution in [0.15, 0.2) is 24.3 Å². The number of carbonyl (C=O) groups excluding carboxylic acids is 1. The maximum absolute atomic E-state index is 12.3. The van der Waals surface area contributed by atoms with Gasteiger partial charge in [-0.15, -0.1) is 0 Å². The van der Waals surface area contributed by atoms with Crippen LogP contribution in [0, 0.1) is 5.92 Å². The lowest BCUT2D eigenvalue weighted by atomic mass is 9.93. The van der Waals surface area contributed by atoms with Gasteiger partial charge in [0.05, 0.1) is 13.2 Å². The summed E-state index contributed by atoms with van der Waals surface area (Å²) in [4.78, 5) is 24.9. The minimum atomic E-state index is -0.764. The van der Waals surface area contributed by atoms with E-state index >= 15 is 0 Å². The van der Waals surface area contributed by atoms with Crippen molar-refractivity contribution >= 4 is 11.9 Å². The lowest BCUT2D eigenvalue weighted by Crippen LogP contribution is -2.40. The van der Waals surface area contributed by atoms with Crippen molar-refractivity contribution in [2.45, 2.75) is 45.4 Å². The van der Waals surface area contributed by atoms with E-state index in [0.29, 0.717) is 44.9 Å². The second-order valence-corrected chi connectivity index (χ2v) is 6.64. The van der Waals surface area contributed by atoms with Crippen molar-refractivity contribution in [1.82, 2.24) is 4.90 Å². The van der Waals surface area contributed by atoms with Crippen LogP contribution in [0.4, 0.5) is 0 Å². The highest BCUT2D eigenvalue weighted by Crippen LogP contribution is 2.22. The summed E-state index contributed by atoms with van der Waals surface area (Å²) in [6.07, 6.45) is 3.93. The average molecular weight is 363 g/mol. The van der Waals surface area contributed by atoms with E-state index in [1.54, 1.807) is 0 Å². The van der Waals surface area contributed by atoms with Crippen LogP contribution in [0.5, 0.6) is 11.5 Å². The van der Waals surface area contributed by atoms with E-state index in [2.05, 4.69) is 0 Å². The van der Waals surface area contributed by atoms with Gasteiger partial charge in [0.15, 0.2) is 0 Å². The molecule has 1 fully saturated rings. The van der Waals surface area contributed by atoms with Gasteiger partial charge in [-0.2, -0.15) is 0 Å². The Bertz CT molecular complexity index is 572. The first kappa shape index (κ1) is 20.1. The average Bonchev–Trinajstić information content (AvgIpc) is 2.65. The molecule has 0 spiro atoms. The molecule has 144 valence electrons. The van der Waals surface area contributed by atoms with Crippen molar-refractivity contribution in [3.05, 3.63) is 24.3 Å². The Balaban J connectivity index is 1.65. The summed E-state index contributed by atoms with van der Waals surface area (Å²) in [5, 5.41) is 8.80. The molecule has 0 saturated carbocycles. The van der Waals surface area contributed by atoms with E-state index in [-0.39, 0.29) is 12.3 Å². The number of likely N-dealkylation sites (tertiary alicyclic amines) is 1. The van der Waals surface area contributed by atoms with Gasteiger partial charge in [-0.25, -0.2) is 0 Å². The molecule has 1 aliphatic rings. The van der Waals surface area contributed by atoms with Gasteiger partial charge in [-0.3, -0.25) is 9.59 Å². The fourth-order valence-electron chi connectivity index (χ4n) is 3.23. The molecule has 0 bridgehead atoms. The molecular weight excluding hydrogens is 334 g/mol. The Morgan fingerprint density at radius 2 is 1.85 bits per heavy atom. The number of aliphatic carboxylic acids is 1. The van der Waals surface area contributed by atoms with Crippen molar-refractivity contribution in [1.29, 1.82) is 0 Å². The molecule has 1 saturated heterocycles. The number of benzene rings is 1. The topological polar surface area (TPSA) is 76.1 Å². The third kappa shape index (κ3) is 6.94. The van der Waals surface area contributed by atoms with Gasteiger partial charge in [-0.1, -0.05) is 0 Å². The summed E-state index contributed by atoms with van der Waals surface area (Å²) in [5.41, 5.74) is 0. The fraction of sp³-hybridized carbons (Fsp3) is 0.600. The third-order valence-electron chi connectivity index (χ3n) is 4.58.